The Morgan fingerprint density at radius 3 is 2.22 bits per heavy atom. The maximum Gasteiger partial charge on any atom is 0.264 e. The van der Waals surface area contributed by atoms with E-state index >= 15 is 0 Å². The Bertz CT molecular complexity index is 1750. The minimum atomic E-state index is -4.20. The van der Waals surface area contributed by atoms with Gasteiger partial charge in [0.05, 0.1) is 10.6 Å². The third-order valence-electron chi connectivity index (χ3n) is 8.22. The normalized spacial score (nSPS) is 14.1. The lowest BCUT2D eigenvalue weighted by Gasteiger charge is -2.34. The molecule has 46 heavy (non-hydrogen) atoms. The Kier molecular flexibility index (Phi) is 11.2. The highest BCUT2D eigenvalue weighted by atomic mass is 79.9. The molecule has 0 bridgehead atoms. The van der Waals surface area contributed by atoms with Crippen molar-refractivity contribution in [1.82, 2.24) is 10.2 Å². The summed E-state index contributed by atoms with van der Waals surface area (Å²) in [7, 11) is -4.20. The molecule has 1 atom stereocenters. The fourth-order valence-corrected chi connectivity index (χ4v) is 7.56. The molecule has 1 fully saturated rings. The number of hydrogen-bond acceptors (Lipinski definition) is 4. The zero-order chi connectivity index (χ0) is 32.7. The summed E-state index contributed by atoms with van der Waals surface area (Å²) < 4.78 is 30.3. The van der Waals surface area contributed by atoms with Gasteiger partial charge in [-0.15, -0.1) is 0 Å². The van der Waals surface area contributed by atoms with Crippen LogP contribution in [0.3, 0.4) is 0 Å². The molecule has 1 aliphatic carbocycles. The SMILES string of the molecule is Cc1ccc(S(=O)(=O)N(CC(=O)N(Cc2ccc(Br)cc2)[C@@H](Cc2ccccc2)C(=O)NC2CCCC2)c2cccc(Cl)c2)cc1. The first-order chi connectivity index (χ1) is 22.1. The van der Waals surface area contributed by atoms with E-state index in [2.05, 4.69) is 21.2 Å². The Morgan fingerprint density at radius 1 is 0.891 bits per heavy atom. The first-order valence-corrected chi connectivity index (χ1v) is 17.9. The first-order valence-electron chi connectivity index (χ1n) is 15.3. The molecule has 0 radical (unpaired) electrons. The van der Waals surface area contributed by atoms with Crippen LogP contribution in [0.4, 0.5) is 5.69 Å². The molecule has 1 aliphatic rings. The molecule has 1 N–H and O–H groups in total. The second-order valence-corrected chi connectivity index (χ2v) is 14.9. The second kappa shape index (κ2) is 15.3. The fourth-order valence-electron chi connectivity index (χ4n) is 5.71. The van der Waals surface area contributed by atoms with E-state index in [0.29, 0.717) is 5.02 Å². The number of carbonyl (C=O) groups is 2. The van der Waals surface area contributed by atoms with Crippen LogP contribution in [-0.2, 0) is 32.6 Å². The number of carbonyl (C=O) groups excluding carboxylic acids is 2. The van der Waals surface area contributed by atoms with Gasteiger partial charge in [-0.2, -0.15) is 0 Å². The monoisotopic (exact) mass is 721 g/mol. The smallest absolute Gasteiger partial charge is 0.264 e. The van der Waals surface area contributed by atoms with Gasteiger partial charge in [0, 0.05) is 28.5 Å². The van der Waals surface area contributed by atoms with Crippen molar-refractivity contribution in [3.05, 3.63) is 129 Å². The van der Waals surface area contributed by atoms with E-state index in [1.54, 1.807) is 30.3 Å². The third kappa shape index (κ3) is 8.57. The molecular formula is C36H37BrClN3O4S. The van der Waals surface area contributed by atoms with Crippen molar-refractivity contribution in [2.24, 2.45) is 0 Å². The standard InChI is InChI=1S/C36H37BrClN3O4S/c1-26-14-20-33(21-15-26)46(44,45)41(32-13-7-10-30(38)23-32)25-35(42)40(24-28-16-18-29(37)19-17-28)34(22-27-8-3-2-4-9-27)36(43)39-31-11-5-6-12-31/h2-4,7-10,13-21,23,31,34H,5-6,11-12,22,24-25H2,1H3,(H,39,43)/t34-/m0/s1. The molecule has 240 valence electrons. The van der Waals surface area contributed by atoms with Gasteiger partial charge in [-0.05, 0) is 73.4 Å². The predicted octanol–water partition coefficient (Wildman–Crippen LogP) is 7.31. The highest BCUT2D eigenvalue weighted by Gasteiger charge is 2.35. The molecule has 10 heteroatoms. The van der Waals surface area contributed by atoms with Crippen LogP contribution >= 0.6 is 27.5 Å². The van der Waals surface area contributed by atoms with Crippen molar-refractivity contribution < 1.29 is 18.0 Å². The van der Waals surface area contributed by atoms with E-state index in [0.717, 1.165) is 51.2 Å². The van der Waals surface area contributed by atoms with Crippen LogP contribution in [0.25, 0.3) is 0 Å². The van der Waals surface area contributed by atoms with Crippen LogP contribution in [0.2, 0.25) is 5.02 Å². The summed E-state index contributed by atoms with van der Waals surface area (Å²) >= 11 is 9.78. The van der Waals surface area contributed by atoms with E-state index in [1.165, 1.54) is 23.1 Å². The Hall–Kier alpha value is -3.66. The van der Waals surface area contributed by atoms with E-state index in [1.807, 2.05) is 61.5 Å². The van der Waals surface area contributed by atoms with Crippen molar-refractivity contribution in [2.45, 2.75) is 62.6 Å². The summed E-state index contributed by atoms with van der Waals surface area (Å²) in [6.07, 6.45) is 4.13. The topological polar surface area (TPSA) is 86.8 Å². The zero-order valence-electron chi connectivity index (χ0n) is 25.6. The minimum absolute atomic E-state index is 0.0419. The molecule has 0 saturated heterocycles. The van der Waals surface area contributed by atoms with Crippen LogP contribution in [0, 0.1) is 6.92 Å². The number of aryl methyl sites for hydroxylation is 1. The number of anilines is 1. The van der Waals surface area contributed by atoms with Gasteiger partial charge in [0.2, 0.25) is 11.8 Å². The molecule has 0 aliphatic heterocycles. The number of halogens is 2. The lowest BCUT2D eigenvalue weighted by Crippen LogP contribution is -2.54. The van der Waals surface area contributed by atoms with Crippen LogP contribution in [-0.4, -0.2) is 43.8 Å². The summed E-state index contributed by atoms with van der Waals surface area (Å²) in [6, 6.07) is 29.2. The van der Waals surface area contributed by atoms with Crippen molar-refractivity contribution in [3.63, 3.8) is 0 Å². The molecule has 0 heterocycles. The second-order valence-electron chi connectivity index (χ2n) is 11.6. The molecule has 0 spiro atoms. The highest BCUT2D eigenvalue weighted by molar-refractivity contribution is 9.10. The van der Waals surface area contributed by atoms with Gasteiger partial charge >= 0.3 is 0 Å². The quantitative estimate of drug-likeness (QED) is 0.166. The van der Waals surface area contributed by atoms with Gasteiger partial charge < -0.3 is 10.2 Å². The summed E-state index contributed by atoms with van der Waals surface area (Å²) in [4.78, 5) is 30.2. The van der Waals surface area contributed by atoms with Gasteiger partial charge in [0.25, 0.3) is 10.0 Å². The van der Waals surface area contributed by atoms with Crippen LogP contribution in [0.15, 0.2) is 112 Å². The molecular weight excluding hydrogens is 686 g/mol. The van der Waals surface area contributed by atoms with Gasteiger partial charge in [-0.25, -0.2) is 8.42 Å². The maximum absolute atomic E-state index is 14.6. The van der Waals surface area contributed by atoms with Gasteiger partial charge in [0.15, 0.2) is 0 Å². The van der Waals surface area contributed by atoms with Crippen molar-refractivity contribution in [3.8, 4) is 0 Å². The lowest BCUT2D eigenvalue weighted by molar-refractivity contribution is -0.140. The Labute approximate surface area is 284 Å². The van der Waals surface area contributed by atoms with Crippen LogP contribution in [0.5, 0.6) is 0 Å². The maximum atomic E-state index is 14.6. The van der Waals surface area contributed by atoms with Crippen molar-refractivity contribution in [1.29, 1.82) is 0 Å². The van der Waals surface area contributed by atoms with E-state index in [9.17, 15) is 18.0 Å². The largest absolute Gasteiger partial charge is 0.352 e. The average Bonchev–Trinajstić information content (AvgIpc) is 3.56. The van der Waals surface area contributed by atoms with Crippen LogP contribution < -0.4 is 9.62 Å². The fraction of sp³-hybridized carbons (Fsp3) is 0.278. The predicted molar refractivity (Wildman–Crippen MR) is 186 cm³/mol. The first kappa shape index (κ1) is 33.7. The number of hydrogen-bond donors (Lipinski definition) is 1. The molecule has 2 amide bonds. The summed E-state index contributed by atoms with van der Waals surface area (Å²) in [6.45, 7) is 1.45. The van der Waals surface area contributed by atoms with Gasteiger partial charge in [-0.3, -0.25) is 13.9 Å². The third-order valence-corrected chi connectivity index (χ3v) is 10.8. The molecule has 0 aromatic heterocycles. The highest BCUT2D eigenvalue weighted by Crippen LogP contribution is 2.28. The summed E-state index contributed by atoms with van der Waals surface area (Å²) in [5, 5.41) is 3.53. The van der Waals surface area contributed by atoms with Crippen molar-refractivity contribution in [2.75, 3.05) is 10.8 Å². The molecule has 1 saturated carbocycles. The van der Waals surface area contributed by atoms with Crippen LogP contribution in [0.1, 0.15) is 42.4 Å². The number of nitrogens with zero attached hydrogens (tertiary/aromatic N) is 2. The molecule has 4 aromatic rings. The van der Waals surface area contributed by atoms with E-state index in [4.69, 9.17) is 11.6 Å². The number of nitrogens with one attached hydrogen (secondary N) is 1. The Morgan fingerprint density at radius 2 is 1.57 bits per heavy atom. The van der Waals surface area contributed by atoms with E-state index in [-0.39, 0.29) is 35.5 Å². The molecule has 0 unspecified atom stereocenters. The zero-order valence-corrected chi connectivity index (χ0v) is 28.8. The molecule has 7 nitrogen and oxygen atoms in total. The van der Waals surface area contributed by atoms with E-state index < -0.39 is 28.5 Å². The number of amides is 2. The molecule has 5 rings (SSSR count). The van der Waals surface area contributed by atoms with Gasteiger partial charge in [0.1, 0.15) is 12.6 Å². The molecule has 4 aromatic carbocycles. The van der Waals surface area contributed by atoms with Gasteiger partial charge in [-0.1, -0.05) is 107 Å². The minimum Gasteiger partial charge on any atom is -0.352 e. The van der Waals surface area contributed by atoms with Crippen molar-refractivity contribution >= 4 is 55.1 Å². The number of sulfonamides is 1. The lowest BCUT2D eigenvalue weighted by atomic mass is 10.0. The summed E-state index contributed by atoms with van der Waals surface area (Å²) in [5.74, 6) is -0.766. The average molecular weight is 723 g/mol. The number of rotatable bonds is 12. The summed E-state index contributed by atoms with van der Waals surface area (Å²) in [5.41, 5.74) is 2.85. The Balaban J connectivity index is 1.56. The number of benzene rings is 4.